The average Bonchev–Trinajstić information content (AvgIpc) is 2.82. The van der Waals surface area contributed by atoms with Gasteiger partial charge in [-0.25, -0.2) is 4.79 Å². The highest BCUT2D eigenvalue weighted by molar-refractivity contribution is 6.01. The number of nitrogens with one attached hydrogen (secondary N) is 1. The molecule has 1 N–H and O–H groups in total. The van der Waals surface area contributed by atoms with Crippen molar-refractivity contribution in [2.75, 3.05) is 11.9 Å². The van der Waals surface area contributed by atoms with Crippen molar-refractivity contribution in [2.45, 2.75) is 13.0 Å². The van der Waals surface area contributed by atoms with Crippen LogP contribution >= 0.6 is 0 Å². The molecule has 7 nitrogen and oxygen atoms in total. The molecule has 0 aliphatic heterocycles. The van der Waals surface area contributed by atoms with E-state index in [1.54, 1.807) is 29.3 Å². The van der Waals surface area contributed by atoms with Crippen LogP contribution in [0.4, 0.5) is 16.2 Å². The number of nitrogens with zero attached hydrogens (tertiary/aromatic N) is 3. The molecule has 7 heteroatoms. The molecular weight excluding hydrogens is 404 g/mol. The fourth-order valence-electron chi connectivity index (χ4n) is 3.60. The Morgan fingerprint density at radius 2 is 1.69 bits per heavy atom. The molecule has 0 aliphatic rings. The molecule has 0 radical (unpaired) electrons. The molecule has 1 heterocycles. The van der Waals surface area contributed by atoms with Crippen molar-refractivity contribution in [3.63, 3.8) is 0 Å². The lowest BCUT2D eigenvalue weighted by Crippen LogP contribution is -2.36. The topological polar surface area (TPSA) is 88.4 Å². The fourth-order valence-corrected chi connectivity index (χ4v) is 3.60. The van der Waals surface area contributed by atoms with Crippen molar-refractivity contribution < 1.29 is 9.72 Å². The van der Waals surface area contributed by atoms with Crippen LogP contribution in [0.2, 0.25) is 0 Å². The second kappa shape index (κ2) is 9.70. The highest BCUT2D eigenvalue weighted by Crippen LogP contribution is 2.24. The molecule has 3 aromatic carbocycles. The van der Waals surface area contributed by atoms with Crippen LogP contribution in [0.15, 0.2) is 91.1 Å². The second-order valence-electron chi connectivity index (χ2n) is 7.34. The molecular formula is C25H22N4O3. The third-order valence-electron chi connectivity index (χ3n) is 5.23. The monoisotopic (exact) mass is 426 g/mol. The Morgan fingerprint density at radius 1 is 0.938 bits per heavy atom. The summed E-state index contributed by atoms with van der Waals surface area (Å²) >= 11 is 0. The van der Waals surface area contributed by atoms with Crippen LogP contribution in [-0.4, -0.2) is 27.4 Å². The molecule has 0 aliphatic carbocycles. The molecule has 2 amide bonds. The van der Waals surface area contributed by atoms with Gasteiger partial charge >= 0.3 is 6.03 Å². The van der Waals surface area contributed by atoms with E-state index in [1.807, 2.05) is 60.7 Å². The van der Waals surface area contributed by atoms with Gasteiger partial charge in [-0.3, -0.25) is 15.1 Å². The van der Waals surface area contributed by atoms with Crippen LogP contribution < -0.4 is 5.32 Å². The minimum atomic E-state index is -0.422. The van der Waals surface area contributed by atoms with E-state index >= 15 is 0 Å². The maximum Gasteiger partial charge on any atom is 0.322 e. The Morgan fingerprint density at radius 3 is 2.50 bits per heavy atom. The predicted molar refractivity (Wildman–Crippen MR) is 124 cm³/mol. The summed E-state index contributed by atoms with van der Waals surface area (Å²) in [6.07, 6.45) is 2.24. The lowest BCUT2D eigenvalue weighted by Gasteiger charge is -2.23. The summed E-state index contributed by atoms with van der Waals surface area (Å²) in [5, 5.41) is 16.4. The highest BCUT2D eigenvalue weighted by Gasteiger charge is 2.20. The van der Waals surface area contributed by atoms with Crippen LogP contribution in [0.3, 0.4) is 0 Å². The Kier molecular flexibility index (Phi) is 6.36. The maximum absolute atomic E-state index is 13.3. The summed E-state index contributed by atoms with van der Waals surface area (Å²) in [7, 11) is 0. The van der Waals surface area contributed by atoms with E-state index in [-0.39, 0.29) is 18.3 Å². The summed E-state index contributed by atoms with van der Waals surface area (Å²) in [6.45, 7) is 0.472. The van der Waals surface area contributed by atoms with Gasteiger partial charge in [0.2, 0.25) is 0 Å². The van der Waals surface area contributed by atoms with Crippen molar-refractivity contribution in [3.05, 3.63) is 112 Å². The molecule has 4 aromatic rings. The Labute approximate surface area is 185 Å². The number of amides is 2. The molecule has 0 bridgehead atoms. The molecule has 160 valence electrons. The number of para-hydroxylation sites is 1. The van der Waals surface area contributed by atoms with E-state index in [0.29, 0.717) is 24.2 Å². The third-order valence-corrected chi connectivity index (χ3v) is 5.23. The first-order valence-electron chi connectivity index (χ1n) is 10.3. The molecule has 0 saturated carbocycles. The van der Waals surface area contributed by atoms with Crippen LogP contribution in [0.5, 0.6) is 0 Å². The van der Waals surface area contributed by atoms with Crippen LogP contribution in [0.1, 0.15) is 11.3 Å². The fraction of sp³-hybridized carbons (Fsp3) is 0.120. The van der Waals surface area contributed by atoms with E-state index in [9.17, 15) is 14.9 Å². The minimum absolute atomic E-state index is 0.00621. The first-order valence-corrected chi connectivity index (χ1v) is 10.3. The number of aromatic nitrogens is 1. The summed E-state index contributed by atoms with van der Waals surface area (Å²) in [5.41, 5.74) is 2.01. The van der Waals surface area contributed by atoms with Crippen molar-refractivity contribution in [2.24, 2.45) is 0 Å². The summed E-state index contributed by atoms with van der Waals surface area (Å²) in [4.78, 5) is 30.2. The van der Waals surface area contributed by atoms with Gasteiger partial charge in [-0.15, -0.1) is 0 Å². The smallest absolute Gasteiger partial charge is 0.320 e. The number of nitro benzene ring substituents is 1. The summed E-state index contributed by atoms with van der Waals surface area (Å²) < 4.78 is 0. The second-order valence-corrected chi connectivity index (χ2v) is 7.34. The number of hydrogen-bond donors (Lipinski definition) is 1. The molecule has 0 spiro atoms. The van der Waals surface area contributed by atoms with Gasteiger partial charge in [0.25, 0.3) is 5.69 Å². The lowest BCUT2D eigenvalue weighted by atomic mass is 10.1. The molecule has 1 aromatic heterocycles. The number of fused-ring (bicyclic) bond motifs is 1. The number of anilines is 1. The third kappa shape index (κ3) is 4.89. The maximum atomic E-state index is 13.3. The summed E-state index contributed by atoms with van der Waals surface area (Å²) in [5.74, 6) is 0. The number of rotatable bonds is 7. The van der Waals surface area contributed by atoms with Gasteiger partial charge in [0.15, 0.2) is 0 Å². The van der Waals surface area contributed by atoms with Gasteiger partial charge in [-0.05, 0) is 23.6 Å². The van der Waals surface area contributed by atoms with E-state index in [2.05, 4.69) is 10.3 Å². The number of benzene rings is 3. The lowest BCUT2D eigenvalue weighted by molar-refractivity contribution is -0.385. The van der Waals surface area contributed by atoms with Crippen molar-refractivity contribution in [3.8, 4) is 0 Å². The largest absolute Gasteiger partial charge is 0.322 e. The zero-order chi connectivity index (χ0) is 22.3. The van der Waals surface area contributed by atoms with Crippen molar-refractivity contribution in [1.82, 2.24) is 9.88 Å². The highest BCUT2D eigenvalue weighted by atomic mass is 16.6. The molecule has 32 heavy (non-hydrogen) atoms. The number of nitro groups is 1. The zero-order valence-corrected chi connectivity index (χ0v) is 17.3. The van der Waals surface area contributed by atoms with Gasteiger partial charge in [-0.2, -0.15) is 0 Å². The SMILES string of the molecule is O=C(Nc1cccc2ccccc12)N(CCc1ccccn1)Cc1ccccc1[N+](=O)[O-]. The number of carbonyl (C=O) groups is 1. The predicted octanol–water partition coefficient (Wildman–Crippen LogP) is 5.42. The molecule has 4 rings (SSSR count). The molecule has 0 atom stereocenters. The number of urea groups is 1. The molecule has 0 fully saturated rings. The van der Waals surface area contributed by atoms with Gasteiger partial charge in [0.1, 0.15) is 0 Å². The zero-order valence-electron chi connectivity index (χ0n) is 17.3. The van der Waals surface area contributed by atoms with Crippen LogP contribution in [0.25, 0.3) is 10.8 Å². The van der Waals surface area contributed by atoms with Crippen LogP contribution in [0, 0.1) is 10.1 Å². The average molecular weight is 426 g/mol. The number of pyridine rings is 1. The van der Waals surface area contributed by atoms with Crippen molar-refractivity contribution in [1.29, 1.82) is 0 Å². The van der Waals surface area contributed by atoms with Gasteiger partial charge in [0, 0.05) is 41.9 Å². The van der Waals surface area contributed by atoms with Gasteiger partial charge in [0.05, 0.1) is 17.2 Å². The summed E-state index contributed by atoms with van der Waals surface area (Å²) in [6, 6.07) is 25.3. The van der Waals surface area contributed by atoms with Gasteiger partial charge < -0.3 is 10.2 Å². The first-order chi connectivity index (χ1) is 15.6. The van der Waals surface area contributed by atoms with E-state index in [4.69, 9.17) is 0 Å². The quantitative estimate of drug-likeness (QED) is 0.316. The minimum Gasteiger partial charge on any atom is -0.320 e. The standard InChI is InChI=1S/C25H22N4O3/c30-25(27-23-13-7-10-19-8-1-3-12-22(19)23)28(17-15-21-11-5-6-16-26-21)18-20-9-2-4-14-24(20)29(31)32/h1-14,16H,15,17-18H2,(H,27,30). The van der Waals surface area contributed by atoms with Gasteiger partial charge in [-0.1, -0.05) is 60.7 Å². The van der Waals surface area contributed by atoms with E-state index < -0.39 is 4.92 Å². The molecule has 0 unspecified atom stereocenters. The van der Waals surface area contributed by atoms with E-state index in [1.165, 1.54) is 6.07 Å². The van der Waals surface area contributed by atoms with Crippen molar-refractivity contribution >= 4 is 28.2 Å². The first kappa shape index (κ1) is 21.0. The normalized spacial score (nSPS) is 10.6. The Balaban J connectivity index is 1.60. The number of carbonyl (C=O) groups excluding carboxylic acids is 1. The molecule has 0 saturated heterocycles. The van der Waals surface area contributed by atoms with E-state index in [0.717, 1.165) is 16.5 Å². The Hall–Kier alpha value is -4.26. The number of hydrogen-bond acceptors (Lipinski definition) is 4. The Bertz CT molecular complexity index is 1240. The van der Waals surface area contributed by atoms with Crippen LogP contribution in [-0.2, 0) is 13.0 Å².